The second kappa shape index (κ2) is 10.8. The summed E-state index contributed by atoms with van der Waals surface area (Å²) in [6.07, 6.45) is 7.10. The summed E-state index contributed by atoms with van der Waals surface area (Å²) in [7, 11) is 0. The maximum atomic E-state index is 13.7. The molecule has 9 heteroatoms. The molecule has 0 radical (unpaired) electrons. The fourth-order valence-electron chi connectivity index (χ4n) is 4.80. The van der Waals surface area contributed by atoms with Crippen LogP contribution in [-0.4, -0.2) is 37.3 Å². The number of nitrogens with zero attached hydrogens (tertiary/aromatic N) is 6. The number of benzene rings is 3. The highest BCUT2D eigenvalue weighted by Gasteiger charge is 2.20. The smallest absolute Gasteiger partial charge is 0.249 e. The second-order valence-electron chi connectivity index (χ2n) is 9.42. The van der Waals surface area contributed by atoms with Crippen molar-refractivity contribution in [2.75, 3.05) is 11.5 Å². The largest absolute Gasteiger partial charge is 0.357 e. The number of carbonyl (C=O) groups excluding carboxylic acids is 1. The summed E-state index contributed by atoms with van der Waals surface area (Å²) in [6, 6.07) is 23.1. The molecule has 0 saturated carbocycles. The van der Waals surface area contributed by atoms with Gasteiger partial charge in [0.25, 0.3) is 0 Å². The average molecular weight is 527 g/mol. The van der Waals surface area contributed by atoms with Gasteiger partial charge in [-0.15, -0.1) is 5.10 Å². The van der Waals surface area contributed by atoms with Crippen LogP contribution in [-0.2, 0) is 22.6 Å². The van der Waals surface area contributed by atoms with Crippen LogP contribution in [0.15, 0.2) is 85.2 Å². The first-order valence-corrected chi connectivity index (χ1v) is 13.1. The summed E-state index contributed by atoms with van der Waals surface area (Å²) in [5, 5.41) is 13.6. The Kier molecular flexibility index (Phi) is 6.90. The number of carbonyl (C=O) groups is 1. The van der Waals surface area contributed by atoms with Gasteiger partial charge in [0.15, 0.2) is 0 Å². The van der Waals surface area contributed by atoms with Crippen LogP contribution in [0.1, 0.15) is 31.1 Å². The average Bonchev–Trinajstić information content (AvgIpc) is 3.61. The van der Waals surface area contributed by atoms with Crippen molar-refractivity contribution in [3.8, 4) is 11.1 Å². The Morgan fingerprint density at radius 1 is 1.03 bits per heavy atom. The Balaban J connectivity index is 1.26. The van der Waals surface area contributed by atoms with Gasteiger partial charge in [-0.05, 0) is 66.8 Å². The molecule has 1 aliphatic rings. The van der Waals surface area contributed by atoms with Gasteiger partial charge in [0.2, 0.25) is 5.91 Å². The first kappa shape index (κ1) is 24.3. The number of anilines is 1. The van der Waals surface area contributed by atoms with E-state index in [2.05, 4.69) is 15.4 Å². The molecule has 1 unspecified atom stereocenters. The van der Waals surface area contributed by atoms with Crippen molar-refractivity contribution in [2.24, 2.45) is 0 Å². The standard InChI is InChI=1S/C29H27ClN6O2/c30-24-7-5-6-21(16-24)18-34(28(37)20-35-27-9-2-1-8-26(27)32-33-35)25-13-11-22(12-14-25)23-17-31-36(19-23)29-10-3-4-15-38-29/h1-2,5-9,11-14,16-17,19,29H,3-4,10,15,18,20H2. The van der Waals surface area contributed by atoms with Crippen LogP contribution in [0.4, 0.5) is 5.69 Å². The Hall–Kier alpha value is -4.01. The molecule has 0 spiro atoms. The molecular formula is C29H27ClN6O2. The van der Waals surface area contributed by atoms with E-state index in [9.17, 15) is 4.79 Å². The van der Waals surface area contributed by atoms with Crippen LogP contribution in [0.2, 0.25) is 5.02 Å². The van der Waals surface area contributed by atoms with E-state index in [1.54, 1.807) is 9.58 Å². The molecule has 0 aliphatic carbocycles. The first-order chi connectivity index (χ1) is 18.6. The molecule has 1 atom stereocenters. The lowest BCUT2D eigenvalue weighted by Gasteiger charge is -2.23. The number of aromatic nitrogens is 5. The van der Waals surface area contributed by atoms with Crippen LogP contribution in [0.5, 0.6) is 0 Å². The summed E-state index contributed by atoms with van der Waals surface area (Å²) in [4.78, 5) is 15.4. The van der Waals surface area contributed by atoms with Gasteiger partial charge in [-0.1, -0.05) is 53.2 Å². The summed E-state index contributed by atoms with van der Waals surface area (Å²) in [5.74, 6) is -0.101. The third kappa shape index (κ3) is 5.18. The Labute approximate surface area is 225 Å². The topological polar surface area (TPSA) is 78.1 Å². The molecule has 2 aromatic heterocycles. The van der Waals surface area contributed by atoms with Crippen molar-refractivity contribution in [3.05, 3.63) is 95.8 Å². The van der Waals surface area contributed by atoms with E-state index in [-0.39, 0.29) is 18.7 Å². The minimum atomic E-state index is -0.101. The predicted molar refractivity (Wildman–Crippen MR) is 147 cm³/mol. The summed E-state index contributed by atoms with van der Waals surface area (Å²) in [6.45, 7) is 1.22. The third-order valence-electron chi connectivity index (χ3n) is 6.80. The Morgan fingerprint density at radius 3 is 2.71 bits per heavy atom. The molecule has 1 saturated heterocycles. The van der Waals surface area contributed by atoms with Crippen LogP contribution in [0.25, 0.3) is 22.2 Å². The fraction of sp³-hybridized carbons (Fsp3) is 0.241. The van der Waals surface area contributed by atoms with Crippen LogP contribution >= 0.6 is 11.6 Å². The number of hydrogen-bond donors (Lipinski definition) is 0. The predicted octanol–water partition coefficient (Wildman–Crippen LogP) is 5.88. The minimum absolute atomic E-state index is 0.00421. The molecule has 5 aromatic rings. The number of para-hydroxylation sites is 1. The highest BCUT2D eigenvalue weighted by molar-refractivity contribution is 6.30. The number of hydrogen-bond acceptors (Lipinski definition) is 5. The highest BCUT2D eigenvalue weighted by Crippen LogP contribution is 2.28. The van der Waals surface area contributed by atoms with Crippen molar-refractivity contribution in [2.45, 2.75) is 38.6 Å². The lowest BCUT2D eigenvalue weighted by molar-refractivity contribution is -0.119. The van der Waals surface area contributed by atoms with E-state index in [0.717, 1.165) is 59.3 Å². The van der Waals surface area contributed by atoms with Gasteiger partial charge in [0.1, 0.15) is 18.3 Å². The second-order valence-corrected chi connectivity index (χ2v) is 9.86. The Bertz CT molecular complexity index is 1550. The highest BCUT2D eigenvalue weighted by atomic mass is 35.5. The lowest BCUT2D eigenvalue weighted by Crippen LogP contribution is -2.33. The lowest BCUT2D eigenvalue weighted by atomic mass is 10.1. The monoisotopic (exact) mass is 526 g/mol. The third-order valence-corrected chi connectivity index (χ3v) is 7.04. The van der Waals surface area contributed by atoms with Crippen molar-refractivity contribution in [3.63, 3.8) is 0 Å². The number of fused-ring (bicyclic) bond motifs is 1. The van der Waals surface area contributed by atoms with E-state index >= 15 is 0 Å². The molecule has 6 rings (SSSR count). The maximum absolute atomic E-state index is 13.7. The molecule has 1 fully saturated rings. The van der Waals surface area contributed by atoms with Crippen LogP contribution < -0.4 is 4.90 Å². The molecular weight excluding hydrogens is 500 g/mol. The van der Waals surface area contributed by atoms with Crippen molar-refractivity contribution < 1.29 is 9.53 Å². The fourth-order valence-corrected chi connectivity index (χ4v) is 5.01. The first-order valence-electron chi connectivity index (χ1n) is 12.7. The summed E-state index contributed by atoms with van der Waals surface area (Å²) < 4.78 is 9.40. The van der Waals surface area contributed by atoms with Crippen LogP contribution in [0, 0.1) is 0 Å². The van der Waals surface area contributed by atoms with Gasteiger partial charge < -0.3 is 9.64 Å². The van der Waals surface area contributed by atoms with Gasteiger partial charge in [-0.3, -0.25) is 4.79 Å². The zero-order valence-corrected chi connectivity index (χ0v) is 21.5. The summed E-state index contributed by atoms with van der Waals surface area (Å²) in [5.41, 5.74) is 5.32. The van der Waals surface area contributed by atoms with Gasteiger partial charge in [-0.2, -0.15) is 5.10 Å². The zero-order chi connectivity index (χ0) is 25.9. The number of halogens is 1. The van der Waals surface area contributed by atoms with Gasteiger partial charge in [0.05, 0.1) is 18.3 Å². The van der Waals surface area contributed by atoms with E-state index in [1.165, 1.54) is 0 Å². The SMILES string of the molecule is O=C(Cn1nnc2ccccc21)N(Cc1cccc(Cl)c1)c1ccc(-c2cnn(C3CCCCO3)c2)cc1. The molecule has 38 heavy (non-hydrogen) atoms. The normalized spacial score (nSPS) is 15.6. The molecule has 0 bridgehead atoms. The maximum Gasteiger partial charge on any atom is 0.249 e. The van der Waals surface area contributed by atoms with Crippen LogP contribution in [0.3, 0.4) is 0 Å². The zero-order valence-electron chi connectivity index (χ0n) is 20.8. The van der Waals surface area contributed by atoms with Gasteiger partial charge >= 0.3 is 0 Å². The van der Waals surface area contributed by atoms with E-state index in [1.807, 2.05) is 89.9 Å². The quantitative estimate of drug-likeness (QED) is 0.264. The van der Waals surface area contributed by atoms with E-state index in [4.69, 9.17) is 16.3 Å². The molecule has 3 aromatic carbocycles. The molecule has 0 N–H and O–H groups in total. The number of ether oxygens (including phenoxy) is 1. The molecule has 1 amide bonds. The molecule has 8 nitrogen and oxygen atoms in total. The van der Waals surface area contributed by atoms with Crippen molar-refractivity contribution >= 4 is 34.2 Å². The van der Waals surface area contributed by atoms with E-state index < -0.39 is 0 Å². The molecule has 1 aliphatic heterocycles. The Morgan fingerprint density at radius 2 is 1.89 bits per heavy atom. The number of rotatable bonds is 7. The number of amides is 1. The summed E-state index contributed by atoms with van der Waals surface area (Å²) >= 11 is 6.24. The van der Waals surface area contributed by atoms with Crippen molar-refractivity contribution in [1.29, 1.82) is 0 Å². The minimum Gasteiger partial charge on any atom is -0.357 e. The van der Waals surface area contributed by atoms with E-state index in [0.29, 0.717) is 11.6 Å². The molecule has 192 valence electrons. The van der Waals surface area contributed by atoms with Gasteiger partial charge in [0, 0.05) is 29.1 Å². The van der Waals surface area contributed by atoms with Gasteiger partial charge in [-0.25, -0.2) is 9.36 Å². The van der Waals surface area contributed by atoms with Crippen molar-refractivity contribution in [1.82, 2.24) is 24.8 Å². The molecule has 3 heterocycles.